The maximum atomic E-state index is 12.9. The summed E-state index contributed by atoms with van der Waals surface area (Å²) in [6, 6.07) is 0. The number of phosphoric acid groups is 1. The standard InChI is InChI=1S/C50H88NO12P/c1-8-10-20-26-41(52)32-33-44-43(45(53)36-46(44)54)27-22-18-19-25-31-50(56)62-42(38-61-64(57,58)60-35-34-51(5,6)7)37-59-49(55)30-24-17-15-13-12-14-16-23-29-48-40(4)39(3)47(63-48)28-21-11-9-2/h32-33,41-44,46,52,54H,8-31,34-38H2,1-7H3/b33-32+/t41-,42+,43+,44+,46+/m0/s1. The summed E-state index contributed by atoms with van der Waals surface area (Å²) in [7, 11) is 1.00. The SMILES string of the molecule is CCCCCc1oc(CCCCCCCCCCC(=O)OC[C@H](COP(=O)([O-])OCC[N+](C)(C)C)OC(=O)CCCCCC[C@H]2C(=O)C[C@@H](O)[C@@H]2/C=C/[C@@H](O)CCCCC)c(C)c1C. The van der Waals surface area contributed by atoms with Gasteiger partial charge in [0, 0.05) is 43.9 Å². The Bertz CT molecular complexity index is 1540. The zero-order chi connectivity index (χ0) is 47.4. The van der Waals surface area contributed by atoms with E-state index in [9.17, 15) is 34.1 Å². The van der Waals surface area contributed by atoms with Crippen LogP contribution in [0.4, 0.5) is 0 Å². The van der Waals surface area contributed by atoms with Crippen molar-refractivity contribution in [2.24, 2.45) is 11.8 Å². The summed E-state index contributed by atoms with van der Waals surface area (Å²) in [5, 5.41) is 20.8. The first-order chi connectivity index (χ1) is 30.5. The summed E-state index contributed by atoms with van der Waals surface area (Å²) in [5.41, 5.74) is 2.63. The molecule has 1 fully saturated rings. The number of ketones is 1. The van der Waals surface area contributed by atoms with Crippen LogP contribution in [0.1, 0.15) is 184 Å². The Hall–Kier alpha value is -2.38. The summed E-state index contributed by atoms with van der Waals surface area (Å²) in [6.45, 7) is 8.15. The number of rotatable bonds is 38. The van der Waals surface area contributed by atoms with Crippen LogP contribution in [0.2, 0.25) is 0 Å². The molecule has 14 heteroatoms. The molecule has 1 heterocycles. The number of nitrogens with zero attached hydrogens (tertiary/aromatic N) is 1. The van der Waals surface area contributed by atoms with Gasteiger partial charge in [0.2, 0.25) is 0 Å². The van der Waals surface area contributed by atoms with Crippen molar-refractivity contribution in [3.05, 3.63) is 34.8 Å². The van der Waals surface area contributed by atoms with Crippen molar-refractivity contribution >= 4 is 25.5 Å². The quantitative estimate of drug-likeness (QED) is 0.0211. The van der Waals surface area contributed by atoms with E-state index < -0.39 is 44.7 Å². The zero-order valence-electron chi connectivity index (χ0n) is 40.9. The minimum absolute atomic E-state index is 0.0388. The molecule has 1 saturated carbocycles. The maximum Gasteiger partial charge on any atom is 0.306 e. The first-order valence-corrected chi connectivity index (χ1v) is 26.3. The van der Waals surface area contributed by atoms with Gasteiger partial charge in [0.15, 0.2) is 6.10 Å². The fraction of sp³-hybridized carbons (Fsp3) is 0.820. The Morgan fingerprint density at radius 2 is 1.34 bits per heavy atom. The van der Waals surface area contributed by atoms with Crippen molar-refractivity contribution in [1.82, 2.24) is 0 Å². The third kappa shape index (κ3) is 25.5. The van der Waals surface area contributed by atoms with E-state index in [1.54, 1.807) is 6.08 Å². The van der Waals surface area contributed by atoms with E-state index in [-0.39, 0.29) is 50.1 Å². The van der Waals surface area contributed by atoms with Crippen LogP contribution >= 0.6 is 7.82 Å². The second-order valence-electron chi connectivity index (χ2n) is 19.2. The topological polar surface area (TPSA) is 182 Å². The molecule has 1 aromatic rings. The summed E-state index contributed by atoms with van der Waals surface area (Å²) in [5.74, 6) is 0.731. The highest BCUT2D eigenvalue weighted by molar-refractivity contribution is 7.45. The van der Waals surface area contributed by atoms with Gasteiger partial charge >= 0.3 is 11.9 Å². The highest BCUT2D eigenvalue weighted by Crippen LogP contribution is 2.38. The van der Waals surface area contributed by atoms with Gasteiger partial charge < -0.3 is 42.5 Å². The molecule has 64 heavy (non-hydrogen) atoms. The monoisotopic (exact) mass is 926 g/mol. The number of Topliss-reactive ketones (excluding diaryl/α,β-unsaturated/α-hetero) is 1. The lowest BCUT2D eigenvalue weighted by atomic mass is 9.88. The first kappa shape index (κ1) is 57.7. The van der Waals surface area contributed by atoms with Crippen molar-refractivity contribution in [1.29, 1.82) is 0 Å². The molecular weight excluding hydrogens is 838 g/mol. The molecule has 1 aliphatic carbocycles. The predicted molar refractivity (Wildman–Crippen MR) is 250 cm³/mol. The van der Waals surface area contributed by atoms with E-state index in [0.29, 0.717) is 43.1 Å². The van der Waals surface area contributed by atoms with Crippen LogP contribution in [-0.2, 0) is 50.3 Å². The minimum Gasteiger partial charge on any atom is -0.756 e. The van der Waals surface area contributed by atoms with Crippen molar-refractivity contribution in [2.75, 3.05) is 47.5 Å². The van der Waals surface area contributed by atoms with Crippen LogP contribution in [0, 0.1) is 25.7 Å². The second-order valence-corrected chi connectivity index (χ2v) is 20.6. The lowest BCUT2D eigenvalue weighted by Gasteiger charge is -2.28. The lowest BCUT2D eigenvalue weighted by Crippen LogP contribution is -2.37. The number of furan rings is 1. The number of aliphatic hydroxyl groups is 2. The number of carbonyl (C=O) groups excluding carboxylic acids is 3. The molecule has 13 nitrogen and oxygen atoms in total. The Kier molecular flexibility index (Phi) is 29.2. The highest BCUT2D eigenvalue weighted by atomic mass is 31.2. The normalized spacial score (nSPS) is 18.7. The van der Waals surface area contributed by atoms with Crippen LogP contribution in [0.3, 0.4) is 0 Å². The molecule has 1 aliphatic rings. The summed E-state index contributed by atoms with van der Waals surface area (Å²) >= 11 is 0. The number of ether oxygens (including phenoxy) is 2. The van der Waals surface area contributed by atoms with Gasteiger partial charge in [0.25, 0.3) is 7.82 Å². The number of aryl methyl sites for hydroxylation is 2. The van der Waals surface area contributed by atoms with E-state index in [0.717, 1.165) is 95.0 Å². The number of hydrogen-bond donors (Lipinski definition) is 2. The predicted octanol–water partition coefficient (Wildman–Crippen LogP) is 9.75. The first-order valence-electron chi connectivity index (χ1n) is 24.9. The van der Waals surface area contributed by atoms with Crippen molar-refractivity contribution in [2.45, 2.75) is 207 Å². The Balaban J connectivity index is 1.72. The molecule has 0 bridgehead atoms. The van der Waals surface area contributed by atoms with Crippen LogP contribution in [0.15, 0.2) is 16.6 Å². The smallest absolute Gasteiger partial charge is 0.306 e. The van der Waals surface area contributed by atoms with Gasteiger partial charge in [0.05, 0.1) is 40.0 Å². The number of likely N-dealkylation sites (N-methyl/N-ethyl adjacent to an activating group) is 1. The van der Waals surface area contributed by atoms with Gasteiger partial charge in [-0.1, -0.05) is 116 Å². The Labute approximate surface area is 386 Å². The zero-order valence-corrected chi connectivity index (χ0v) is 41.8. The van der Waals surface area contributed by atoms with E-state index in [2.05, 4.69) is 27.7 Å². The molecule has 0 aliphatic heterocycles. The maximum absolute atomic E-state index is 12.9. The number of hydrogen-bond acceptors (Lipinski definition) is 12. The average Bonchev–Trinajstić information content (AvgIpc) is 3.66. The van der Waals surface area contributed by atoms with Crippen molar-refractivity contribution < 1.29 is 61.5 Å². The van der Waals surface area contributed by atoms with Gasteiger partial charge in [-0.3, -0.25) is 18.9 Å². The van der Waals surface area contributed by atoms with Crippen molar-refractivity contribution in [3.8, 4) is 0 Å². The number of phosphoric ester groups is 1. The molecule has 0 aromatic carbocycles. The average molecular weight is 926 g/mol. The van der Waals surface area contributed by atoms with Gasteiger partial charge in [-0.05, 0) is 63.5 Å². The lowest BCUT2D eigenvalue weighted by molar-refractivity contribution is -0.870. The fourth-order valence-corrected chi connectivity index (χ4v) is 8.87. The van der Waals surface area contributed by atoms with E-state index in [4.69, 9.17) is 22.9 Å². The van der Waals surface area contributed by atoms with Crippen LogP contribution in [0.5, 0.6) is 0 Å². The molecule has 0 spiro atoms. The minimum atomic E-state index is -4.71. The molecule has 1 unspecified atom stereocenters. The molecule has 2 N–H and O–H groups in total. The van der Waals surface area contributed by atoms with E-state index >= 15 is 0 Å². The van der Waals surface area contributed by atoms with E-state index in [1.165, 1.54) is 36.8 Å². The highest BCUT2D eigenvalue weighted by Gasteiger charge is 2.39. The van der Waals surface area contributed by atoms with Gasteiger partial charge in [0.1, 0.15) is 37.1 Å². The third-order valence-electron chi connectivity index (χ3n) is 12.4. The van der Waals surface area contributed by atoms with Crippen molar-refractivity contribution in [3.63, 3.8) is 0 Å². The van der Waals surface area contributed by atoms with Crippen LogP contribution in [-0.4, -0.2) is 98.2 Å². The van der Waals surface area contributed by atoms with Gasteiger partial charge in [-0.2, -0.15) is 0 Å². The van der Waals surface area contributed by atoms with Crippen LogP contribution in [0.25, 0.3) is 0 Å². The summed E-state index contributed by atoms with van der Waals surface area (Å²) < 4.78 is 40.2. The molecule has 0 amide bonds. The molecule has 0 saturated heterocycles. The molecule has 6 atom stereocenters. The summed E-state index contributed by atoms with van der Waals surface area (Å²) in [4.78, 5) is 50.6. The second kappa shape index (κ2) is 32.3. The van der Waals surface area contributed by atoms with Gasteiger partial charge in [-0.25, -0.2) is 0 Å². The number of esters is 2. The summed E-state index contributed by atoms with van der Waals surface area (Å²) in [6.07, 6.45) is 22.4. The molecule has 370 valence electrons. The Morgan fingerprint density at radius 3 is 1.95 bits per heavy atom. The van der Waals surface area contributed by atoms with E-state index in [1.807, 2.05) is 27.2 Å². The largest absolute Gasteiger partial charge is 0.756 e. The molecular formula is C50H88NO12P. The fourth-order valence-electron chi connectivity index (χ4n) is 8.14. The number of aliphatic hydroxyl groups excluding tert-OH is 2. The van der Waals surface area contributed by atoms with Gasteiger partial charge in [-0.15, -0.1) is 0 Å². The molecule has 1 aromatic heterocycles. The molecule has 2 rings (SSSR count). The molecule has 0 radical (unpaired) electrons. The Morgan fingerprint density at radius 1 is 0.797 bits per heavy atom. The number of unbranched alkanes of at least 4 members (excludes halogenated alkanes) is 14. The van der Waals surface area contributed by atoms with Crippen LogP contribution < -0.4 is 4.89 Å². The number of carbonyl (C=O) groups is 3. The number of quaternary nitrogens is 1. The third-order valence-corrected chi connectivity index (χ3v) is 13.3.